The fourth-order valence-corrected chi connectivity index (χ4v) is 4.15. The number of nitrogens with zero attached hydrogens (tertiary/aromatic N) is 5. The van der Waals surface area contributed by atoms with Gasteiger partial charge in [0.25, 0.3) is 0 Å². The van der Waals surface area contributed by atoms with Crippen LogP contribution in [0.15, 0.2) is 18.7 Å². The summed E-state index contributed by atoms with van der Waals surface area (Å²) in [5, 5.41) is 7.92. The molecular weight excluding hydrogens is 418 g/mol. The molecule has 0 N–H and O–H groups in total. The predicted molar refractivity (Wildman–Crippen MR) is 129 cm³/mol. The van der Waals surface area contributed by atoms with E-state index in [1.807, 2.05) is 4.57 Å². The van der Waals surface area contributed by atoms with Crippen LogP contribution >= 0.6 is 0 Å². The van der Waals surface area contributed by atoms with Gasteiger partial charge in [0, 0.05) is 12.8 Å². The Balaban J connectivity index is 1.34. The van der Waals surface area contributed by atoms with Crippen molar-refractivity contribution in [3.05, 3.63) is 24.3 Å². The Labute approximate surface area is 196 Å². The summed E-state index contributed by atoms with van der Waals surface area (Å²) in [6, 6.07) is 0. The third-order valence-electron chi connectivity index (χ3n) is 5.99. The summed E-state index contributed by atoms with van der Waals surface area (Å²) in [6.45, 7) is 8.00. The quantitative estimate of drug-likeness (QED) is 0.225. The maximum atomic E-state index is 12.3. The molecule has 3 aromatic heterocycles. The van der Waals surface area contributed by atoms with Crippen LogP contribution in [0.5, 0.6) is 0 Å². The van der Waals surface area contributed by atoms with Crippen molar-refractivity contribution in [2.45, 2.75) is 91.7 Å². The average Bonchev–Trinajstić information content (AvgIpc) is 3.40. The molecule has 0 aromatic carbocycles. The molecule has 3 rings (SSSR count). The van der Waals surface area contributed by atoms with Crippen molar-refractivity contribution in [2.75, 3.05) is 13.7 Å². The lowest BCUT2D eigenvalue weighted by Crippen LogP contribution is -2.04. The van der Waals surface area contributed by atoms with Crippen molar-refractivity contribution in [3.63, 3.8) is 0 Å². The van der Waals surface area contributed by atoms with Crippen LogP contribution in [-0.4, -0.2) is 43.8 Å². The van der Waals surface area contributed by atoms with E-state index in [4.69, 9.17) is 9.47 Å². The molecule has 0 aliphatic carbocycles. The van der Waals surface area contributed by atoms with E-state index in [1.165, 1.54) is 64.9 Å². The first-order valence-corrected chi connectivity index (χ1v) is 12.2. The molecule has 0 unspecified atom stereocenters. The van der Waals surface area contributed by atoms with Gasteiger partial charge in [-0.05, 0) is 18.3 Å². The van der Waals surface area contributed by atoms with Crippen LogP contribution in [0.3, 0.4) is 0 Å². The monoisotopic (exact) mass is 457 g/mol. The van der Waals surface area contributed by atoms with Gasteiger partial charge in [0.1, 0.15) is 24.1 Å². The number of unbranched alkanes of at least 4 members (excludes halogenated alkanes) is 8. The van der Waals surface area contributed by atoms with E-state index >= 15 is 0 Å². The highest BCUT2D eigenvalue weighted by molar-refractivity contribution is 6.02. The van der Waals surface area contributed by atoms with Gasteiger partial charge in [-0.3, -0.25) is 4.40 Å². The lowest BCUT2D eigenvalue weighted by Gasteiger charge is -2.17. The molecule has 0 radical (unpaired) electrons. The van der Waals surface area contributed by atoms with E-state index in [0.29, 0.717) is 41.1 Å². The second-order valence-corrected chi connectivity index (χ2v) is 10.0. The third kappa shape index (κ3) is 7.25. The molecule has 0 bridgehead atoms. The number of carbonyl (C=O) groups excluding carboxylic acids is 1. The number of esters is 1. The highest BCUT2D eigenvalue weighted by Crippen LogP contribution is 2.23. The molecule has 0 amide bonds. The lowest BCUT2D eigenvalue weighted by atomic mass is 9.89. The zero-order valence-electron chi connectivity index (χ0n) is 20.7. The van der Waals surface area contributed by atoms with E-state index in [-0.39, 0.29) is 0 Å². The summed E-state index contributed by atoms with van der Waals surface area (Å²) in [6.07, 6.45) is 17.9. The van der Waals surface area contributed by atoms with Gasteiger partial charge in [0.05, 0.1) is 13.3 Å². The summed E-state index contributed by atoms with van der Waals surface area (Å²) in [7, 11) is 1.37. The zero-order chi connectivity index (χ0) is 23.7. The fraction of sp³-hybridized carbons (Fsp3) is 0.680. The summed E-state index contributed by atoms with van der Waals surface area (Å²) in [4.78, 5) is 16.7. The fourth-order valence-electron chi connectivity index (χ4n) is 4.15. The van der Waals surface area contributed by atoms with Gasteiger partial charge in [0.15, 0.2) is 11.3 Å². The lowest BCUT2D eigenvalue weighted by molar-refractivity contribution is 0.0599. The molecule has 0 saturated carbocycles. The number of aromatic nitrogens is 5. The number of fused-ring (bicyclic) bond motifs is 3. The van der Waals surface area contributed by atoms with Crippen molar-refractivity contribution in [1.82, 2.24) is 24.1 Å². The second kappa shape index (κ2) is 12.1. The second-order valence-electron chi connectivity index (χ2n) is 10.0. The molecule has 8 nitrogen and oxygen atoms in total. The molecule has 0 atom stereocenters. The highest BCUT2D eigenvalue weighted by atomic mass is 16.5. The number of ether oxygens (including phenoxy) is 2. The third-order valence-corrected chi connectivity index (χ3v) is 5.99. The average molecular weight is 458 g/mol. The molecule has 33 heavy (non-hydrogen) atoms. The van der Waals surface area contributed by atoms with Gasteiger partial charge >= 0.3 is 5.97 Å². The van der Waals surface area contributed by atoms with Crippen molar-refractivity contribution in [1.29, 1.82) is 0 Å². The Bertz CT molecular complexity index is 1020. The van der Waals surface area contributed by atoms with E-state index in [9.17, 15) is 4.79 Å². The highest BCUT2D eigenvalue weighted by Gasteiger charge is 2.20. The number of hydrogen-bond donors (Lipinski definition) is 0. The molecule has 8 heteroatoms. The van der Waals surface area contributed by atoms with E-state index < -0.39 is 5.97 Å². The van der Waals surface area contributed by atoms with Crippen LogP contribution in [0.4, 0.5) is 0 Å². The van der Waals surface area contributed by atoms with Crippen LogP contribution < -0.4 is 0 Å². The number of methoxy groups -OCH3 is 1. The maximum Gasteiger partial charge on any atom is 0.341 e. The molecule has 0 spiro atoms. The molecule has 3 heterocycles. The number of rotatable bonds is 14. The molecule has 0 fully saturated rings. The SMILES string of the molecule is COC(=O)c1cn(COCCCCCCCCCCCC(C)(C)C)c2ncc3nncn3c12. The number of carbonyl (C=O) groups is 1. The summed E-state index contributed by atoms with van der Waals surface area (Å²) >= 11 is 0. The minimum absolute atomic E-state index is 0.336. The van der Waals surface area contributed by atoms with Crippen molar-refractivity contribution in [3.8, 4) is 0 Å². The molecule has 0 aliphatic rings. The smallest absolute Gasteiger partial charge is 0.341 e. The summed E-state index contributed by atoms with van der Waals surface area (Å²) < 4.78 is 14.4. The molecule has 3 aromatic rings. The van der Waals surface area contributed by atoms with Gasteiger partial charge in [-0.15, -0.1) is 10.2 Å². The summed E-state index contributed by atoms with van der Waals surface area (Å²) in [5.74, 6) is -0.420. The maximum absolute atomic E-state index is 12.3. The molecule has 0 aliphatic heterocycles. The van der Waals surface area contributed by atoms with Crippen LogP contribution in [-0.2, 0) is 16.2 Å². The van der Waals surface area contributed by atoms with E-state index in [0.717, 1.165) is 6.42 Å². The van der Waals surface area contributed by atoms with Crippen LogP contribution in [0.25, 0.3) is 16.8 Å². The van der Waals surface area contributed by atoms with Crippen LogP contribution in [0.2, 0.25) is 0 Å². The van der Waals surface area contributed by atoms with Gasteiger partial charge < -0.3 is 14.0 Å². The Hall–Kier alpha value is -2.48. The van der Waals surface area contributed by atoms with E-state index in [1.54, 1.807) is 23.1 Å². The first kappa shape index (κ1) is 25.1. The van der Waals surface area contributed by atoms with Crippen molar-refractivity contribution < 1.29 is 14.3 Å². The molecular formula is C25H39N5O3. The zero-order valence-corrected chi connectivity index (χ0v) is 20.7. The van der Waals surface area contributed by atoms with Gasteiger partial charge in [0.2, 0.25) is 0 Å². The molecule has 0 saturated heterocycles. The number of hydrogen-bond acceptors (Lipinski definition) is 6. The Morgan fingerprint density at radius 3 is 2.33 bits per heavy atom. The van der Waals surface area contributed by atoms with Gasteiger partial charge in [-0.25, -0.2) is 9.78 Å². The topological polar surface area (TPSA) is 83.5 Å². The summed E-state index contributed by atoms with van der Waals surface area (Å²) in [5.41, 5.74) is 2.75. The first-order valence-electron chi connectivity index (χ1n) is 12.2. The van der Waals surface area contributed by atoms with Crippen LogP contribution in [0.1, 0.15) is 95.3 Å². The first-order chi connectivity index (χ1) is 15.9. The van der Waals surface area contributed by atoms with Crippen molar-refractivity contribution >= 4 is 22.8 Å². The minimum Gasteiger partial charge on any atom is -0.465 e. The Morgan fingerprint density at radius 2 is 1.67 bits per heavy atom. The predicted octanol–water partition coefficient (Wildman–Crippen LogP) is 5.79. The molecule has 182 valence electrons. The largest absolute Gasteiger partial charge is 0.465 e. The minimum atomic E-state index is -0.420. The Kier molecular flexibility index (Phi) is 9.23. The van der Waals surface area contributed by atoms with Gasteiger partial charge in [-0.2, -0.15) is 0 Å². The van der Waals surface area contributed by atoms with Gasteiger partial charge in [-0.1, -0.05) is 72.1 Å². The van der Waals surface area contributed by atoms with E-state index in [2.05, 4.69) is 36.0 Å². The normalized spacial score (nSPS) is 12.1. The van der Waals surface area contributed by atoms with Crippen molar-refractivity contribution in [2.24, 2.45) is 5.41 Å². The van der Waals surface area contributed by atoms with Crippen LogP contribution in [0, 0.1) is 5.41 Å². The Morgan fingerprint density at radius 1 is 1.00 bits per heavy atom. The standard InChI is InChI=1S/C25H39N5O3/c1-25(2,3)14-12-10-8-6-5-7-9-11-13-15-33-19-29-17-20(24(31)32-4)22-23(29)26-16-21-28-27-18-30(21)22/h16-18H,5-15,19H2,1-4H3.